The summed E-state index contributed by atoms with van der Waals surface area (Å²) in [5, 5.41) is 19.6. The Morgan fingerprint density at radius 3 is 2.11 bits per heavy atom. The molecular formula is C20H17Cl2NO4S. The van der Waals surface area contributed by atoms with Crippen molar-refractivity contribution in [3.63, 3.8) is 0 Å². The number of hydrogen-bond acceptors (Lipinski definition) is 4. The molecule has 0 fully saturated rings. The van der Waals surface area contributed by atoms with Crippen molar-refractivity contribution in [2.45, 2.75) is 18.1 Å². The topological polar surface area (TPSA) is 86.6 Å². The van der Waals surface area contributed by atoms with Crippen LogP contribution in [0.25, 0.3) is 11.1 Å². The van der Waals surface area contributed by atoms with E-state index >= 15 is 0 Å². The monoisotopic (exact) mass is 437 g/mol. The number of aliphatic hydroxyl groups excluding tert-OH is 2. The van der Waals surface area contributed by atoms with Crippen LogP contribution in [0.1, 0.15) is 11.1 Å². The van der Waals surface area contributed by atoms with Gasteiger partial charge in [0.1, 0.15) is 0 Å². The van der Waals surface area contributed by atoms with Gasteiger partial charge in [-0.1, -0.05) is 47.5 Å². The van der Waals surface area contributed by atoms with Gasteiger partial charge in [0.05, 0.1) is 18.1 Å². The number of aliphatic hydroxyl groups is 2. The Balaban J connectivity index is 1.86. The molecule has 0 radical (unpaired) electrons. The highest BCUT2D eigenvalue weighted by molar-refractivity contribution is 7.92. The molecule has 28 heavy (non-hydrogen) atoms. The molecule has 0 atom stereocenters. The van der Waals surface area contributed by atoms with E-state index in [9.17, 15) is 18.6 Å². The van der Waals surface area contributed by atoms with Gasteiger partial charge in [0.25, 0.3) is 10.0 Å². The fourth-order valence-corrected chi connectivity index (χ4v) is 4.31. The van der Waals surface area contributed by atoms with Crippen LogP contribution in [0.5, 0.6) is 0 Å². The van der Waals surface area contributed by atoms with Crippen molar-refractivity contribution in [2.75, 3.05) is 4.72 Å². The lowest BCUT2D eigenvalue weighted by atomic mass is 10.1. The molecule has 0 aliphatic rings. The van der Waals surface area contributed by atoms with Gasteiger partial charge in [-0.25, -0.2) is 8.42 Å². The van der Waals surface area contributed by atoms with Crippen LogP contribution in [0, 0.1) is 0 Å². The Kier molecular flexibility index (Phi) is 6.27. The minimum absolute atomic E-state index is 0.0816. The second kappa shape index (κ2) is 8.51. The summed E-state index contributed by atoms with van der Waals surface area (Å²) < 4.78 is 27.8. The molecule has 3 aromatic rings. The second-order valence-corrected chi connectivity index (χ2v) is 8.58. The lowest BCUT2D eigenvalue weighted by molar-refractivity contribution is 0.260. The Bertz CT molecular complexity index is 1100. The molecule has 0 unspecified atom stereocenters. The van der Waals surface area contributed by atoms with Crippen LogP contribution < -0.4 is 4.72 Å². The van der Waals surface area contributed by atoms with E-state index in [0.717, 1.165) is 11.1 Å². The van der Waals surface area contributed by atoms with Crippen LogP contribution in [0.4, 0.5) is 5.69 Å². The summed E-state index contributed by atoms with van der Waals surface area (Å²) in [5.41, 5.74) is 2.79. The summed E-state index contributed by atoms with van der Waals surface area (Å²) >= 11 is 12.1. The lowest BCUT2D eigenvalue weighted by Gasteiger charge is -2.12. The number of sulfonamides is 1. The number of nitrogens with one attached hydrogen (secondary N) is 1. The molecule has 0 aromatic heterocycles. The summed E-state index contributed by atoms with van der Waals surface area (Å²) in [6.45, 7) is -0.542. The van der Waals surface area contributed by atoms with E-state index in [1.54, 1.807) is 36.4 Å². The zero-order chi connectivity index (χ0) is 20.3. The van der Waals surface area contributed by atoms with Crippen molar-refractivity contribution in [1.29, 1.82) is 0 Å². The summed E-state index contributed by atoms with van der Waals surface area (Å²) in [7, 11) is -3.82. The molecule has 0 bridgehead atoms. The van der Waals surface area contributed by atoms with Gasteiger partial charge in [0.15, 0.2) is 0 Å². The van der Waals surface area contributed by atoms with Crippen LogP contribution in [0.15, 0.2) is 65.6 Å². The van der Waals surface area contributed by atoms with E-state index in [1.807, 2.05) is 0 Å². The van der Waals surface area contributed by atoms with Crippen LogP contribution in [-0.4, -0.2) is 18.6 Å². The van der Waals surface area contributed by atoms with E-state index in [2.05, 4.69) is 4.72 Å². The minimum atomic E-state index is -3.82. The molecule has 3 aromatic carbocycles. The number of rotatable bonds is 6. The lowest BCUT2D eigenvalue weighted by Crippen LogP contribution is -2.13. The average Bonchev–Trinajstić information content (AvgIpc) is 2.67. The zero-order valence-electron chi connectivity index (χ0n) is 14.6. The van der Waals surface area contributed by atoms with Crippen LogP contribution in [0.2, 0.25) is 10.0 Å². The van der Waals surface area contributed by atoms with Crippen molar-refractivity contribution in [1.82, 2.24) is 0 Å². The molecule has 0 aliphatic heterocycles. The van der Waals surface area contributed by atoms with E-state index < -0.39 is 10.0 Å². The third kappa shape index (κ3) is 4.48. The Hall–Kier alpha value is -2.09. The third-order valence-electron chi connectivity index (χ3n) is 4.21. The van der Waals surface area contributed by atoms with Gasteiger partial charge < -0.3 is 10.2 Å². The fraction of sp³-hybridized carbons (Fsp3) is 0.100. The highest BCUT2D eigenvalue weighted by Gasteiger charge is 2.15. The van der Waals surface area contributed by atoms with Gasteiger partial charge in [-0.05, 0) is 53.1 Å². The largest absolute Gasteiger partial charge is 0.392 e. The normalized spacial score (nSPS) is 11.4. The molecule has 0 heterocycles. The zero-order valence-corrected chi connectivity index (χ0v) is 16.9. The maximum atomic E-state index is 12.6. The third-order valence-corrected chi connectivity index (χ3v) is 6.15. The maximum Gasteiger partial charge on any atom is 0.261 e. The summed E-state index contributed by atoms with van der Waals surface area (Å²) in [6, 6.07) is 16.0. The molecule has 0 amide bonds. The number of anilines is 1. The molecule has 0 spiro atoms. The number of benzene rings is 3. The summed E-state index contributed by atoms with van der Waals surface area (Å²) in [6.07, 6.45) is 0. The van der Waals surface area contributed by atoms with Gasteiger partial charge in [0.2, 0.25) is 0 Å². The molecule has 3 N–H and O–H groups in total. The van der Waals surface area contributed by atoms with E-state index in [-0.39, 0.29) is 18.1 Å². The van der Waals surface area contributed by atoms with Gasteiger partial charge in [-0.15, -0.1) is 0 Å². The Morgan fingerprint density at radius 1 is 0.821 bits per heavy atom. The first-order valence-corrected chi connectivity index (χ1v) is 10.5. The van der Waals surface area contributed by atoms with Crippen molar-refractivity contribution in [3.05, 3.63) is 81.8 Å². The molecule has 5 nitrogen and oxygen atoms in total. The highest BCUT2D eigenvalue weighted by Crippen LogP contribution is 2.31. The van der Waals surface area contributed by atoms with Gasteiger partial charge in [-0.2, -0.15) is 0 Å². The first-order valence-electron chi connectivity index (χ1n) is 8.26. The van der Waals surface area contributed by atoms with Crippen LogP contribution in [-0.2, 0) is 23.2 Å². The van der Waals surface area contributed by atoms with Crippen LogP contribution >= 0.6 is 23.2 Å². The molecular weight excluding hydrogens is 421 g/mol. The molecule has 8 heteroatoms. The van der Waals surface area contributed by atoms with Crippen molar-refractivity contribution in [3.8, 4) is 11.1 Å². The van der Waals surface area contributed by atoms with Gasteiger partial charge in [-0.3, -0.25) is 4.72 Å². The van der Waals surface area contributed by atoms with Gasteiger partial charge in [0, 0.05) is 21.3 Å². The molecule has 0 saturated carbocycles. The Morgan fingerprint density at radius 2 is 1.50 bits per heavy atom. The predicted octanol–water partition coefficient (Wildman–Crippen LogP) is 4.45. The fourth-order valence-electron chi connectivity index (χ4n) is 2.74. The molecule has 0 saturated heterocycles. The van der Waals surface area contributed by atoms with E-state index in [0.29, 0.717) is 26.9 Å². The first kappa shape index (κ1) is 20.6. The van der Waals surface area contributed by atoms with E-state index in [1.165, 1.54) is 24.3 Å². The minimum Gasteiger partial charge on any atom is -0.392 e. The predicted molar refractivity (Wildman–Crippen MR) is 111 cm³/mol. The Labute approximate surface area is 173 Å². The average molecular weight is 438 g/mol. The number of hydrogen-bond donors (Lipinski definition) is 3. The summed E-state index contributed by atoms with van der Waals surface area (Å²) in [4.78, 5) is 0.0816. The summed E-state index contributed by atoms with van der Waals surface area (Å²) in [5.74, 6) is 0. The second-order valence-electron chi connectivity index (χ2n) is 6.05. The van der Waals surface area contributed by atoms with Crippen LogP contribution in [0.3, 0.4) is 0 Å². The quantitative estimate of drug-likeness (QED) is 0.531. The van der Waals surface area contributed by atoms with Crippen molar-refractivity contribution >= 4 is 38.9 Å². The van der Waals surface area contributed by atoms with Crippen molar-refractivity contribution < 1.29 is 18.6 Å². The number of halogens is 2. The standard InChI is InChI=1S/C20H17Cl2NO4S/c21-16-4-8-19(20(22)10-16)13-2-6-18(7-3-13)28(26,27)23-17-5-1-14(11-24)15(9-17)12-25/h1-10,23-25H,11-12H2. The SMILES string of the molecule is O=S(=O)(Nc1ccc(CO)c(CO)c1)c1ccc(-c2ccc(Cl)cc2Cl)cc1. The molecule has 3 rings (SSSR count). The first-order chi connectivity index (χ1) is 13.3. The molecule has 146 valence electrons. The van der Waals surface area contributed by atoms with E-state index in [4.69, 9.17) is 23.2 Å². The van der Waals surface area contributed by atoms with Gasteiger partial charge >= 0.3 is 0 Å². The van der Waals surface area contributed by atoms with Crippen molar-refractivity contribution in [2.24, 2.45) is 0 Å². The molecule has 0 aliphatic carbocycles. The smallest absolute Gasteiger partial charge is 0.261 e. The maximum absolute atomic E-state index is 12.6. The highest BCUT2D eigenvalue weighted by atomic mass is 35.5.